The van der Waals surface area contributed by atoms with E-state index in [9.17, 15) is 14.4 Å². The Labute approximate surface area is 185 Å². The van der Waals surface area contributed by atoms with Crippen molar-refractivity contribution in [3.8, 4) is 0 Å². The Balaban J connectivity index is 2.34. The van der Waals surface area contributed by atoms with E-state index in [2.05, 4.69) is 15.2 Å². The Morgan fingerprint density at radius 2 is 2.03 bits per heavy atom. The molecule has 2 rings (SSSR count). The summed E-state index contributed by atoms with van der Waals surface area (Å²) in [5.41, 5.74) is 4.84. The van der Waals surface area contributed by atoms with Gasteiger partial charge in [0.15, 0.2) is 10.8 Å². The smallest absolute Gasteiger partial charge is 0.330 e. The topological polar surface area (TPSA) is 141 Å². The Kier molecular flexibility index (Phi) is 8.87. The van der Waals surface area contributed by atoms with Gasteiger partial charge in [0.25, 0.3) is 5.56 Å². The molecule has 0 bridgehead atoms. The van der Waals surface area contributed by atoms with Gasteiger partial charge in [-0.15, -0.1) is 10.2 Å². The predicted octanol–water partition coefficient (Wildman–Crippen LogP) is 0.943. The number of anilines is 2. The normalized spacial score (nSPS) is 11.3. The summed E-state index contributed by atoms with van der Waals surface area (Å²) in [5.74, 6) is 0.644. The van der Waals surface area contributed by atoms with E-state index >= 15 is 0 Å². The third-order valence-corrected chi connectivity index (χ3v) is 5.75. The molecule has 12 heteroatoms. The molecule has 0 saturated heterocycles. The third kappa shape index (κ3) is 5.76. The Morgan fingerprint density at radius 3 is 2.61 bits per heavy atom. The van der Waals surface area contributed by atoms with E-state index in [4.69, 9.17) is 10.5 Å². The summed E-state index contributed by atoms with van der Waals surface area (Å²) in [4.78, 5) is 41.4. The number of carbonyl (C=O) groups excluding carboxylic acids is 1. The van der Waals surface area contributed by atoms with Crippen LogP contribution in [0.5, 0.6) is 0 Å². The fraction of sp³-hybridized carbons (Fsp3) is 0.632. The number of aromatic nitrogens is 5. The molecule has 2 aromatic rings. The fourth-order valence-corrected chi connectivity index (χ4v) is 3.87. The first-order valence-corrected chi connectivity index (χ1v) is 11.1. The van der Waals surface area contributed by atoms with Gasteiger partial charge in [-0.3, -0.25) is 19.1 Å². The number of methoxy groups -OCH3 is 1. The van der Waals surface area contributed by atoms with Crippen molar-refractivity contribution in [3.05, 3.63) is 26.7 Å². The fourth-order valence-electron chi connectivity index (χ4n) is 3.08. The quantitative estimate of drug-likeness (QED) is 0.479. The van der Waals surface area contributed by atoms with E-state index in [0.29, 0.717) is 18.1 Å². The lowest BCUT2D eigenvalue weighted by atomic mass is 10.2. The van der Waals surface area contributed by atoms with Crippen LogP contribution in [0.25, 0.3) is 0 Å². The lowest BCUT2D eigenvalue weighted by Gasteiger charge is -2.24. The van der Waals surface area contributed by atoms with E-state index in [0.717, 1.165) is 12.2 Å². The van der Waals surface area contributed by atoms with Gasteiger partial charge in [-0.25, -0.2) is 4.79 Å². The minimum atomic E-state index is -0.703. The van der Waals surface area contributed by atoms with Crippen LogP contribution in [0.3, 0.4) is 0 Å². The highest BCUT2D eigenvalue weighted by molar-refractivity contribution is 7.99. The standard InChI is InChI=1S/C19H31N7O4S/c1-6-7-8-26-15(20)14(17(28)21-18(26)29)25(9-10-30-5)13(27)11-31-19-23-22-16(12(2)3)24(19)4/h12H,6-11,20H2,1-5H3,(H,21,28,29). The van der Waals surface area contributed by atoms with Gasteiger partial charge in [0.1, 0.15) is 11.6 Å². The minimum absolute atomic E-state index is 0.0146. The summed E-state index contributed by atoms with van der Waals surface area (Å²) in [6.45, 7) is 6.67. The van der Waals surface area contributed by atoms with Crippen LogP contribution < -0.4 is 21.9 Å². The molecule has 31 heavy (non-hydrogen) atoms. The number of hydrogen-bond donors (Lipinski definition) is 2. The number of thioether (sulfide) groups is 1. The maximum Gasteiger partial charge on any atom is 0.330 e. The third-order valence-electron chi connectivity index (χ3n) is 4.75. The number of nitrogens with two attached hydrogens (primary N) is 1. The van der Waals surface area contributed by atoms with Crippen molar-refractivity contribution in [2.75, 3.05) is 36.6 Å². The van der Waals surface area contributed by atoms with Crippen LogP contribution in [0.2, 0.25) is 0 Å². The number of rotatable bonds is 11. The molecule has 3 N–H and O–H groups in total. The monoisotopic (exact) mass is 453 g/mol. The van der Waals surface area contributed by atoms with E-state index in [1.165, 1.54) is 28.3 Å². The average Bonchev–Trinajstić information content (AvgIpc) is 3.08. The van der Waals surface area contributed by atoms with Crippen LogP contribution in [0, 0.1) is 0 Å². The highest BCUT2D eigenvalue weighted by Crippen LogP contribution is 2.22. The maximum atomic E-state index is 13.1. The highest BCUT2D eigenvalue weighted by atomic mass is 32.2. The second-order valence-electron chi connectivity index (χ2n) is 7.38. The van der Waals surface area contributed by atoms with Gasteiger partial charge in [-0.2, -0.15) is 0 Å². The zero-order valence-corrected chi connectivity index (χ0v) is 19.5. The van der Waals surface area contributed by atoms with Crippen LogP contribution in [0.4, 0.5) is 11.5 Å². The van der Waals surface area contributed by atoms with E-state index in [-0.39, 0.29) is 42.2 Å². The molecule has 0 fully saturated rings. The largest absolute Gasteiger partial charge is 0.383 e. The number of aromatic amines is 1. The molecule has 0 aliphatic heterocycles. The first-order valence-electron chi connectivity index (χ1n) is 10.2. The Bertz CT molecular complexity index is 1010. The van der Waals surface area contributed by atoms with Crippen molar-refractivity contribution in [1.82, 2.24) is 24.3 Å². The molecule has 1 amide bonds. The number of carbonyl (C=O) groups is 1. The summed E-state index contributed by atoms with van der Waals surface area (Å²) in [7, 11) is 3.34. The van der Waals surface area contributed by atoms with Crippen molar-refractivity contribution in [1.29, 1.82) is 0 Å². The first-order chi connectivity index (χ1) is 14.7. The number of H-pyrrole nitrogens is 1. The zero-order valence-electron chi connectivity index (χ0n) is 18.7. The number of unbranched alkanes of at least 4 members (excludes halogenated alkanes) is 1. The molecule has 172 valence electrons. The predicted molar refractivity (Wildman–Crippen MR) is 121 cm³/mol. The molecular weight excluding hydrogens is 422 g/mol. The maximum absolute atomic E-state index is 13.1. The molecule has 2 aromatic heterocycles. The highest BCUT2D eigenvalue weighted by Gasteiger charge is 2.25. The first kappa shape index (κ1) is 24.7. The van der Waals surface area contributed by atoms with E-state index in [1.54, 1.807) is 0 Å². The summed E-state index contributed by atoms with van der Waals surface area (Å²) >= 11 is 1.22. The molecule has 0 aromatic carbocycles. The summed E-state index contributed by atoms with van der Waals surface area (Å²) in [6.07, 6.45) is 1.56. The summed E-state index contributed by atoms with van der Waals surface area (Å²) in [5, 5.41) is 8.89. The van der Waals surface area contributed by atoms with Gasteiger partial charge in [0.2, 0.25) is 5.91 Å². The number of hydrogen-bond acceptors (Lipinski definition) is 8. The molecule has 0 aliphatic rings. The molecule has 2 heterocycles. The van der Waals surface area contributed by atoms with E-state index in [1.807, 2.05) is 32.4 Å². The molecule has 0 unspecified atom stereocenters. The average molecular weight is 454 g/mol. The van der Waals surface area contributed by atoms with Gasteiger partial charge in [-0.1, -0.05) is 39.0 Å². The van der Waals surface area contributed by atoms with Crippen LogP contribution in [-0.2, 0) is 23.1 Å². The SMILES string of the molecule is CCCCn1c(N)c(N(CCOC)C(=O)CSc2nnc(C(C)C)n2C)c(=O)[nH]c1=O. The number of amides is 1. The molecule has 0 spiro atoms. The van der Waals surface area contributed by atoms with Crippen molar-refractivity contribution < 1.29 is 9.53 Å². The Hall–Kier alpha value is -2.60. The molecule has 0 aliphatic carbocycles. The van der Waals surface area contributed by atoms with Crippen LogP contribution in [0.15, 0.2) is 14.7 Å². The lowest BCUT2D eigenvalue weighted by molar-refractivity contribution is -0.116. The van der Waals surface area contributed by atoms with Gasteiger partial charge in [0, 0.05) is 33.2 Å². The van der Waals surface area contributed by atoms with Crippen LogP contribution in [-0.4, -0.2) is 56.2 Å². The zero-order chi connectivity index (χ0) is 23.1. The molecule has 0 radical (unpaired) electrons. The number of nitrogen functional groups attached to an aromatic ring is 1. The van der Waals surface area contributed by atoms with E-state index < -0.39 is 11.2 Å². The van der Waals surface area contributed by atoms with Crippen molar-refractivity contribution >= 4 is 29.2 Å². The second kappa shape index (κ2) is 11.1. The van der Waals surface area contributed by atoms with Crippen molar-refractivity contribution in [2.45, 2.75) is 51.2 Å². The molecule has 0 saturated carbocycles. The molecule has 0 atom stereocenters. The van der Waals surface area contributed by atoms with Gasteiger partial charge < -0.3 is 19.9 Å². The lowest BCUT2D eigenvalue weighted by Crippen LogP contribution is -2.43. The van der Waals surface area contributed by atoms with Gasteiger partial charge in [-0.05, 0) is 6.42 Å². The van der Waals surface area contributed by atoms with Crippen LogP contribution >= 0.6 is 11.8 Å². The van der Waals surface area contributed by atoms with Gasteiger partial charge in [0.05, 0.1) is 12.4 Å². The van der Waals surface area contributed by atoms with Crippen molar-refractivity contribution in [2.24, 2.45) is 7.05 Å². The number of nitrogens with zero attached hydrogens (tertiary/aromatic N) is 5. The van der Waals surface area contributed by atoms with Gasteiger partial charge >= 0.3 is 5.69 Å². The minimum Gasteiger partial charge on any atom is -0.383 e. The number of nitrogens with one attached hydrogen (secondary N) is 1. The summed E-state index contributed by atoms with van der Waals surface area (Å²) in [6, 6.07) is 0. The number of ether oxygens (including phenoxy) is 1. The van der Waals surface area contributed by atoms with Crippen LogP contribution in [0.1, 0.15) is 45.4 Å². The van der Waals surface area contributed by atoms with Crippen molar-refractivity contribution in [3.63, 3.8) is 0 Å². The summed E-state index contributed by atoms with van der Waals surface area (Å²) < 4.78 is 8.24. The molecule has 11 nitrogen and oxygen atoms in total. The Morgan fingerprint density at radius 1 is 1.32 bits per heavy atom. The second-order valence-corrected chi connectivity index (χ2v) is 8.32. The molecular formula is C19H31N7O4S.